The van der Waals surface area contributed by atoms with E-state index in [9.17, 15) is 9.59 Å². The van der Waals surface area contributed by atoms with Gasteiger partial charge in [-0.05, 0) is 45.4 Å². The second kappa shape index (κ2) is 8.50. The Morgan fingerprint density at radius 1 is 0.852 bits per heavy atom. The highest BCUT2D eigenvalue weighted by Crippen LogP contribution is 2.46. The summed E-state index contributed by atoms with van der Waals surface area (Å²) in [6.07, 6.45) is 1.76. The van der Waals surface area contributed by atoms with Crippen LogP contribution >= 0.6 is 0 Å². The number of carbonyl (C=O) groups is 2. The molecule has 0 saturated heterocycles. The molecule has 160 valence electrons. The Balaban J connectivity index is 5.42. The monoisotopic (exact) mass is 385 g/mol. The molecule has 27 heavy (non-hydrogen) atoms. The minimum Gasteiger partial charge on any atom is -0.457 e. The predicted molar refractivity (Wildman–Crippen MR) is 110 cm³/mol. The van der Waals surface area contributed by atoms with Gasteiger partial charge in [-0.25, -0.2) is 4.79 Å². The fraction of sp³-hybridized carbons (Fsp3) is 0.909. The minimum absolute atomic E-state index is 0.112. The molecular weight excluding hydrogens is 342 g/mol. The van der Waals surface area contributed by atoms with Gasteiger partial charge in [0.25, 0.3) is 0 Å². The third kappa shape index (κ3) is 6.48. The van der Waals surface area contributed by atoms with E-state index >= 15 is 0 Å². The van der Waals surface area contributed by atoms with Crippen molar-refractivity contribution in [2.75, 3.05) is 6.61 Å². The first-order chi connectivity index (χ1) is 11.9. The maximum absolute atomic E-state index is 13.1. The van der Waals surface area contributed by atoms with Crippen LogP contribution in [0, 0.1) is 16.2 Å². The average Bonchev–Trinajstić information content (AvgIpc) is 2.47. The van der Waals surface area contributed by atoms with Gasteiger partial charge in [-0.3, -0.25) is 4.79 Å². The number of rotatable bonds is 8. The van der Waals surface area contributed by atoms with Gasteiger partial charge < -0.3 is 15.2 Å². The molecule has 0 fully saturated rings. The van der Waals surface area contributed by atoms with Crippen LogP contribution in [0.25, 0.3) is 0 Å². The molecule has 0 heterocycles. The van der Waals surface area contributed by atoms with E-state index in [0.29, 0.717) is 19.3 Å². The van der Waals surface area contributed by atoms with E-state index in [2.05, 4.69) is 20.8 Å². The molecule has 0 bridgehead atoms. The molecule has 5 heteroatoms. The van der Waals surface area contributed by atoms with Gasteiger partial charge in [0.05, 0.1) is 5.41 Å². The van der Waals surface area contributed by atoms with E-state index in [4.69, 9.17) is 15.2 Å². The third-order valence-electron chi connectivity index (χ3n) is 6.15. The van der Waals surface area contributed by atoms with Gasteiger partial charge in [0, 0.05) is 11.0 Å². The fourth-order valence-corrected chi connectivity index (χ4v) is 3.15. The zero-order valence-electron chi connectivity index (χ0n) is 19.5. The zero-order chi connectivity index (χ0) is 21.9. The third-order valence-corrected chi connectivity index (χ3v) is 6.15. The van der Waals surface area contributed by atoms with Crippen LogP contribution < -0.4 is 5.73 Å². The molecule has 0 radical (unpaired) electrons. The Hall–Kier alpha value is -1.10. The summed E-state index contributed by atoms with van der Waals surface area (Å²) < 4.78 is 11.0. The maximum atomic E-state index is 13.1. The maximum Gasteiger partial charge on any atom is 0.344 e. The van der Waals surface area contributed by atoms with E-state index < -0.39 is 35.1 Å². The van der Waals surface area contributed by atoms with E-state index in [0.717, 1.165) is 0 Å². The largest absolute Gasteiger partial charge is 0.457 e. The van der Waals surface area contributed by atoms with Gasteiger partial charge in [0.2, 0.25) is 0 Å². The van der Waals surface area contributed by atoms with Crippen molar-refractivity contribution in [2.24, 2.45) is 22.0 Å². The van der Waals surface area contributed by atoms with Gasteiger partial charge in [0.15, 0.2) is 6.61 Å². The van der Waals surface area contributed by atoms with Crippen molar-refractivity contribution in [3.05, 3.63) is 0 Å². The van der Waals surface area contributed by atoms with Crippen molar-refractivity contribution in [3.8, 4) is 0 Å². The number of hydrogen-bond acceptors (Lipinski definition) is 5. The highest BCUT2D eigenvalue weighted by molar-refractivity contribution is 5.82. The quantitative estimate of drug-likeness (QED) is 0.604. The molecule has 0 rings (SSSR count). The Labute approximate surface area is 166 Å². The highest BCUT2D eigenvalue weighted by atomic mass is 16.6. The topological polar surface area (TPSA) is 78.6 Å². The molecule has 5 nitrogen and oxygen atoms in total. The molecule has 0 spiro atoms. The Morgan fingerprint density at radius 3 is 1.67 bits per heavy atom. The van der Waals surface area contributed by atoms with Crippen LogP contribution in [0.2, 0.25) is 0 Å². The predicted octanol–water partition coefficient (Wildman–Crippen LogP) is 4.86. The lowest BCUT2D eigenvalue weighted by atomic mass is 9.61. The number of carbonyl (C=O) groups excluding carboxylic acids is 2. The van der Waals surface area contributed by atoms with Crippen molar-refractivity contribution in [2.45, 2.75) is 107 Å². The van der Waals surface area contributed by atoms with Crippen LogP contribution in [0.3, 0.4) is 0 Å². The Bertz CT molecular complexity index is 523. The van der Waals surface area contributed by atoms with Crippen LogP contribution in [0.4, 0.5) is 0 Å². The van der Waals surface area contributed by atoms with Crippen molar-refractivity contribution in [1.82, 2.24) is 0 Å². The van der Waals surface area contributed by atoms with Crippen molar-refractivity contribution < 1.29 is 19.1 Å². The van der Waals surface area contributed by atoms with Crippen molar-refractivity contribution in [1.29, 1.82) is 0 Å². The number of esters is 2. The molecule has 0 amide bonds. The van der Waals surface area contributed by atoms with E-state index in [-0.39, 0.29) is 10.8 Å². The first-order valence-corrected chi connectivity index (χ1v) is 10.0. The molecule has 0 saturated carbocycles. The van der Waals surface area contributed by atoms with E-state index in [1.54, 1.807) is 0 Å². The highest BCUT2D eigenvalue weighted by Gasteiger charge is 2.52. The van der Waals surface area contributed by atoms with Crippen LogP contribution in [-0.2, 0) is 19.1 Å². The van der Waals surface area contributed by atoms with Crippen LogP contribution in [0.1, 0.15) is 95.4 Å². The SMILES string of the molecule is CCC(C)(N)C(CC)(CC(C)(C)C)C(=O)OCC(=O)OC(C)(C)C(C)(C)C. The Kier molecular flexibility index (Phi) is 8.16. The summed E-state index contributed by atoms with van der Waals surface area (Å²) in [4.78, 5) is 25.4. The minimum atomic E-state index is -0.861. The molecular formula is C22H43NO4. The van der Waals surface area contributed by atoms with E-state index in [1.165, 1.54) is 0 Å². The fourth-order valence-electron chi connectivity index (χ4n) is 3.15. The Morgan fingerprint density at radius 2 is 1.33 bits per heavy atom. The molecule has 0 aromatic carbocycles. The summed E-state index contributed by atoms with van der Waals surface area (Å²) in [6.45, 7) is 21.4. The summed E-state index contributed by atoms with van der Waals surface area (Å²) >= 11 is 0. The van der Waals surface area contributed by atoms with Gasteiger partial charge in [-0.2, -0.15) is 0 Å². The first-order valence-electron chi connectivity index (χ1n) is 10.0. The van der Waals surface area contributed by atoms with Crippen LogP contribution in [0.15, 0.2) is 0 Å². The molecule has 2 atom stereocenters. The lowest BCUT2D eigenvalue weighted by Gasteiger charge is -2.46. The summed E-state index contributed by atoms with van der Waals surface area (Å²) in [5, 5.41) is 0. The average molecular weight is 386 g/mol. The summed E-state index contributed by atoms with van der Waals surface area (Å²) in [7, 11) is 0. The smallest absolute Gasteiger partial charge is 0.344 e. The summed E-state index contributed by atoms with van der Waals surface area (Å²) in [5.74, 6) is -0.962. The number of hydrogen-bond donors (Lipinski definition) is 1. The summed E-state index contributed by atoms with van der Waals surface area (Å²) in [5.41, 5.74) is 3.95. The van der Waals surface area contributed by atoms with Crippen LogP contribution in [-0.4, -0.2) is 29.7 Å². The van der Waals surface area contributed by atoms with Gasteiger partial charge in [-0.1, -0.05) is 55.4 Å². The molecule has 0 aliphatic carbocycles. The normalized spacial score (nSPS) is 17.6. The van der Waals surface area contributed by atoms with Crippen molar-refractivity contribution in [3.63, 3.8) is 0 Å². The summed E-state index contributed by atoms with van der Waals surface area (Å²) in [6, 6.07) is 0. The molecule has 2 N–H and O–H groups in total. The standard InChI is InChI=1S/C22H43NO4/c1-12-21(11,23)22(13-2,15-18(3,4)5)17(25)26-14-16(24)27-20(9,10)19(6,7)8/h12-15,23H2,1-11H3. The van der Waals surface area contributed by atoms with Gasteiger partial charge in [0.1, 0.15) is 5.60 Å². The lowest BCUT2D eigenvalue weighted by molar-refractivity contribution is -0.182. The lowest BCUT2D eigenvalue weighted by Crippen LogP contribution is -2.59. The van der Waals surface area contributed by atoms with Gasteiger partial charge >= 0.3 is 11.9 Å². The van der Waals surface area contributed by atoms with Crippen molar-refractivity contribution >= 4 is 11.9 Å². The molecule has 0 aliphatic heterocycles. The number of ether oxygens (including phenoxy) is 2. The number of nitrogens with two attached hydrogens (primary N) is 1. The molecule has 2 unspecified atom stereocenters. The molecule has 0 aromatic heterocycles. The first kappa shape index (κ1) is 25.9. The van der Waals surface area contributed by atoms with Gasteiger partial charge in [-0.15, -0.1) is 0 Å². The van der Waals surface area contributed by atoms with Crippen LogP contribution in [0.5, 0.6) is 0 Å². The molecule has 0 aromatic rings. The molecule has 0 aliphatic rings. The second-order valence-electron chi connectivity index (χ2n) is 10.8. The zero-order valence-corrected chi connectivity index (χ0v) is 19.5. The second-order valence-corrected chi connectivity index (χ2v) is 10.8. The van der Waals surface area contributed by atoms with E-state index in [1.807, 2.05) is 55.4 Å².